The lowest BCUT2D eigenvalue weighted by molar-refractivity contribution is -0.882. The molecule has 0 heterocycles. The van der Waals surface area contributed by atoms with E-state index in [1.165, 1.54) is 6.08 Å². The van der Waals surface area contributed by atoms with Crippen LogP contribution in [-0.4, -0.2) is 49.2 Å². The Labute approximate surface area is 86.0 Å². The van der Waals surface area contributed by atoms with Crippen LogP contribution in [0.2, 0.25) is 0 Å². The minimum absolute atomic E-state index is 0. The van der Waals surface area contributed by atoms with Gasteiger partial charge in [-0.3, -0.25) is 4.79 Å². The molecule has 0 saturated heterocycles. The predicted molar refractivity (Wildman–Crippen MR) is 48.7 cm³/mol. The third kappa shape index (κ3) is 7.96. The van der Waals surface area contributed by atoms with Crippen LogP contribution < -0.4 is 12.4 Å². The molecule has 0 aliphatic heterocycles. The van der Waals surface area contributed by atoms with E-state index < -0.39 is 0 Å². The smallest absolute Gasteiger partial charge is 0.209 e. The van der Waals surface area contributed by atoms with Crippen molar-refractivity contribution in [1.29, 1.82) is 0 Å². The molecule has 0 rings (SSSR count). The van der Waals surface area contributed by atoms with Crippen molar-refractivity contribution in [1.82, 2.24) is 0 Å². The molecule has 0 aromatic carbocycles. The Morgan fingerprint density at radius 1 is 1.54 bits per heavy atom. The number of rotatable bonds is 6. The summed E-state index contributed by atoms with van der Waals surface area (Å²) in [5.74, 6) is 0.0536. The Bertz CT molecular complexity index is 169. The number of quaternary nitrogens is 1. The maximum absolute atomic E-state index is 11.0. The first-order valence-corrected chi connectivity index (χ1v) is 4.10. The van der Waals surface area contributed by atoms with Gasteiger partial charge in [-0.25, -0.2) is 0 Å². The quantitative estimate of drug-likeness (QED) is 0.378. The zero-order valence-corrected chi connectivity index (χ0v) is 9.05. The highest BCUT2D eigenvalue weighted by molar-refractivity contribution is 5.90. The fraction of sp³-hybridized carbons (Fsp3) is 0.667. The number of aliphatic hydroxyl groups is 1. The van der Waals surface area contributed by atoms with E-state index in [-0.39, 0.29) is 24.8 Å². The van der Waals surface area contributed by atoms with Crippen LogP contribution in [0.1, 0.15) is 6.42 Å². The first-order chi connectivity index (χ1) is 5.52. The normalized spacial score (nSPS) is 10.4. The summed E-state index contributed by atoms with van der Waals surface area (Å²) in [4.78, 5) is 11.0. The van der Waals surface area contributed by atoms with Crippen LogP contribution in [0.5, 0.6) is 0 Å². The Hall–Kier alpha value is -0.380. The molecule has 0 atom stereocenters. The molecule has 78 valence electrons. The van der Waals surface area contributed by atoms with Crippen LogP contribution in [-0.2, 0) is 4.79 Å². The monoisotopic (exact) mass is 207 g/mol. The highest BCUT2D eigenvalue weighted by atomic mass is 35.5. The van der Waals surface area contributed by atoms with Crippen LogP contribution in [0.3, 0.4) is 0 Å². The van der Waals surface area contributed by atoms with Gasteiger partial charge in [0, 0.05) is 13.0 Å². The first-order valence-electron chi connectivity index (χ1n) is 4.10. The van der Waals surface area contributed by atoms with Gasteiger partial charge in [0.25, 0.3) is 0 Å². The molecule has 0 spiro atoms. The zero-order chi connectivity index (χ0) is 9.61. The van der Waals surface area contributed by atoms with Crippen LogP contribution in [0, 0.1) is 0 Å². The molecular formula is C9H18ClNO2. The van der Waals surface area contributed by atoms with Crippen molar-refractivity contribution in [2.75, 3.05) is 33.8 Å². The summed E-state index contributed by atoms with van der Waals surface area (Å²) in [6.07, 6.45) is 2.08. The number of nitrogens with zero attached hydrogens (tertiary/aromatic N) is 1. The molecule has 0 amide bonds. The van der Waals surface area contributed by atoms with E-state index in [1.807, 2.05) is 14.1 Å². The molecule has 4 heteroatoms. The van der Waals surface area contributed by atoms with Gasteiger partial charge in [-0.15, -0.1) is 0 Å². The van der Waals surface area contributed by atoms with E-state index in [0.717, 1.165) is 13.0 Å². The second-order valence-corrected chi connectivity index (χ2v) is 3.57. The van der Waals surface area contributed by atoms with Gasteiger partial charge in [0.2, 0.25) is 5.78 Å². The fourth-order valence-electron chi connectivity index (χ4n) is 1.06. The maximum Gasteiger partial charge on any atom is 0.209 e. The van der Waals surface area contributed by atoms with E-state index >= 15 is 0 Å². The molecule has 0 aliphatic carbocycles. The minimum atomic E-state index is 0. The molecule has 0 unspecified atom stereocenters. The number of likely N-dealkylation sites (N-methyl/N-ethyl adjacent to an activating group) is 1. The number of ketones is 1. The maximum atomic E-state index is 11.0. The van der Waals surface area contributed by atoms with E-state index in [4.69, 9.17) is 5.11 Å². The fourth-order valence-corrected chi connectivity index (χ4v) is 1.06. The van der Waals surface area contributed by atoms with E-state index in [9.17, 15) is 4.79 Å². The summed E-state index contributed by atoms with van der Waals surface area (Å²) in [7, 11) is 3.94. The number of hydrogen-bond donors (Lipinski definition) is 1. The molecule has 0 aromatic rings. The molecule has 0 saturated carbocycles. The summed E-state index contributed by atoms with van der Waals surface area (Å²) >= 11 is 0. The average Bonchev–Trinajstić information content (AvgIpc) is 2.00. The lowest BCUT2D eigenvalue weighted by atomic mass is 10.3. The lowest BCUT2D eigenvalue weighted by Gasteiger charge is -2.28. The molecule has 0 aromatic heterocycles. The van der Waals surface area contributed by atoms with Crippen molar-refractivity contribution < 1.29 is 26.8 Å². The van der Waals surface area contributed by atoms with E-state index in [2.05, 4.69) is 6.58 Å². The second-order valence-electron chi connectivity index (χ2n) is 3.57. The molecule has 0 aliphatic rings. The lowest BCUT2D eigenvalue weighted by Crippen LogP contribution is -3.00. The predicted octanol–water partition coefficient (Wildman–Crippen LogP) is -2.80. The molecule has 3 nitrogen and oxygen atoms in total. The van der Waals surface area contributed by atoms with Crippen molar-refractivity contribution in [2.45, 2.75) is 6.42 Å². The Morgan fingerprint density at radius 3 is 2.46 bits per heavy atom. The molecule has 1 N–H and O–H groups in total. The summed E-state index contributed by atoms with van der Waals surface area (Å²) in [5, 5.41) is 8.61. The molecule has 0 radical (unpaired) electrons. The van der Waals surface area contributed by atoms with Crippen molar-refractivity contribution in [2.24, 2.45) is 0 Å². The topological polar surface area (TPSA) is 37.3 Å². The summed E-state index contributed by atoms with van der Waals surface area (Å²) < 4.78 is 0.616. The van der Waals surface area contributed by atoms with Gasteiger partial charge >= 0.3 is 0 Å². The van der Waals surface area contributed by atoms with E-state index in [0.29, 0.717) is 11.0 Å². The SMILES string of the molecule is C=CC(=O)C[N+](C)(C)CCCO.[Cl-]. The number of hydrogen-bond acceptors (Lipinski definition) is 2. The minimum Gasteiger partial charge on any atom is -1.00 e. The van der Waals surface area contributed by atoms with Crippen molar-refractivity contribution in [3.05, 3.63) is 12.7 Å². The van der Waals surface area contributed by atoms with Gasteiger partial charge in [0.1, 0.15) is 6.54 Å². The van der Waals surface area contributed by atoms with Crippen molar-refractivity contribution in [3.8, 4) is 0 Å². The third-order valence-electron chi connectivity index (χ3n) is 1.73. The summed E-state index contributed by atoms with van der Waals surface area (Å²) in [5.41, 5.74) is 0. The highest BCUT2D eigenvalue weighted by Gasteiger charge is 2.16. The van der Waals surface area contributed by atoms with Crippen LogP contribution in [0.25, 0.3) is 0 Å². The molecule has 0 fully saturated rings. The second kappa shape index (κ2) is 7.06. The number of halogens is 1. The van der Waals surface area contributed by atoms with E-state index in [1.54, 1.807) is 0 Å². The summed E-state index contributed by atoms with van der Waals surface area (Å²) in [6, 6.07) is 0. The van der Waals surface area contributed by atoms with Crippen LogP contribution >= 0.6 is 0 Å². The molecular weight excluding hydrogens is 190 g/mol. The van der Waals surface area contributed by atoms with Crippen molar-refractivity contribution >= 4 is 5.78 Å². The Morgan fingerprint density at radius 2 is 2.08 bits per heavy atom. The highest BCUT2D eigenvalue weighted by Crippen LogP contribution is 1.99. The van der Waals surface area contributed by atoms with Crippen LogP contribution in [0.4, 0.5) is 0 Å². The summed E-state index contributed by atoms with van der Waals surface area (Å²) in [6.45, 7) is 4.88. The van der Waals surface area contributed by atoms with Gasteiger partial charge in [-0.1, -0.05) is 6.58 Å². The number of aliphatic hydroxyl groups excluding tert-OH is 1. The molecule has 0 bridgehead atoms. The van der Waals surface area contributed by atoms with Crippen LogP contribution in [0.15, 0.2) is 12.7 Å². The standard InChI is InChI=1S/C9H18NO2.ClH/c1-4-9(12)8-10(2,3)6-5-7-11;/h4,11H,1,5-8H2,2-3H3;1H/q+1;/p-1. The average molecular weight is 208 g/mol. The zero-order valence-electron chi connectivity index (χ0n) is 8.29. The third-order valence-corrected chi connectivity index (χ3v) is 1.73. The van der Waals surface area contributed by atoms with Gasteiger partial charge in [0.05, 0.1) is 20.6 Å². The van der Waals surface area contributed by atoms with Crippen molar-refractivity contribution in [3.63, 3.8) is 0 Å². The first kappa shape index (κ1) is 15.1. The number of carbonyl (C=O) groups is 1. The van der Waals surface area contributed by atoms with Gasteiger partial charge < -0.3 is 22.0 Å². The van der Waals surface area contributed by atoms with Gasteiger partial charge in [-0.05, 0) is 6.08 Å². The molecule has 13 heavy (non-hydrogen) atoms. The Balaban J connectivity index is 0. The van der Waals surface area contributed by atoms with Gasteiger partial charge in [0.15, 0.2) is 0 Å². The Kier molecular flexibility index (Phi) is 8.21. The number of carbonyl (C=O) groups excluding carboxylic acids is 1. The van der Waals surface area contributed by atoms with Gasteiger partial charge in [-0.2, -0.15) is 0 Å². The largest absolute Gasteiger partial charge is 1.00 e.